The predicted molar refractivity (Wildman–Crippen MR) is 216 cm³/mol. The van der Waals surface area contributed by atoms with E-state index in [9.17, 15) is 0 Å². The molecule has 2 heterocycles. The quantitative estimate of drug-likeness (QED) is 0.163. The molecular formula is C49H58N2+2. The zero-order chi connectivity index (χ0) is 35.8. The molecule has 8 rings (SSSR count). The smallest absolute Gasteiger partial charge is 0.0794 e. The van der Waals surface area contributed by atoms with Crippen LogP contribution in [0.5, 0.6) is 0 Å². The van der Waals surface area contributed by atoms with Gasteiger partial charge < -0.3 is 8.97 Å². The van der Waals surface area contributed by atoms with Crippen molar-refractivity contribution in [3.05, 3.63) is 143 Å². The molecule has 0 N–H and O–H groups in total. The molecule has 5 aromatic rings. The lowest BCUT2D eigenvalue weighted by atomic mass is 9.66. The van der Waals surface area contributed by atoms with E-state index in [4.69, 9.17) is 0 Å². The number of hydrogen-bond acceptors (Lipinski definition) is 0. The fourth-order valence-corrected chi connectivity index (χ4v) is 9.59. The summed E-state index contributed by atoms with van der Waals surface area (Å²) in [6, 6.07) is 42.6. The third-order valence-corrected chi connectivity index (χ3v) is 13.8. The molecule has 1 aliphatic carbocycles. The molecule has 0 saturated carbocycles. The maximum Gasteiger partial charge on any atom is 0.0794 e. The van der Waals surface area contributed by atoms with Crippen molar-refractivity contribution in [1.82, 2.24) is 0 Å². The van der Waals surface area contributed by atoms with Gasteiger partial charge in [-0.1, -0.05) is 136 Å². The summed E-state index contributed by atoms with van der Waals surface area (Å²) in [4.78, 5) is 0. The first-order valence-electron chi connectivity index (χ1n) is 19.4. The number of likely N-dealkylation sites (tertiary alicyclic amines) is 2. The number of aryl methyl sites for hydroxylation is 1. The van der Waals surface area contributed by atoms with Gasteiger partial charge in [0.25, 0.3) is 0 Å². The Bertz CT molecular complexity index is 2060. The molecule has 0 spiro atoms. The van der Waals surface area contributed by atoms with Crippen LogP contribution in [0.1, 0.15) is 79.8 Å². The lowest BCUT2D eigenvalue weighted by Crippen LogP contribution is -2.51. The molecule has 3 aliphatic rings. The first-order chi connectivity index (χ1) is 24.2. The third-order valence-electron chi connectivity index (χ3n) is 13.8. The molecule has 0 unspecified atom stereocenters. The highest BCUT2D eigenvalue weighted by Gasteiger charge is 2.45. The molecule has 0 amide bonds. The number of piperidine rings is 2. The summed E-state index contributed by atoms with van der Waals surface area (Å²) >= 11 is 0. The van der Waals surface area contributed by atoms with E-state index in [1.54, 1.807) is 0 Å². The molecule has 5 aromatic carbocycles. The van der Waals surface area contributed by atoms with Crippen molar-refractivity contribution in [2.24, 2.45) is 0 Å². The molecule has 2 fully saturated rings. The van der Waals surface area contributed by atoms with Crippen LogP contribution in [0.15, 0.2) is 109 Å². The highest BCUT2D eigenvalue weighted by Crippen LogP contribution is 2.53. The van der Waals surface area contributed by atoms with E-state index in [2.05, 4.69) is 165 Å². The zero-order valence-corrected chi connectivity index (χ0v) is 32.4. The average molecular weight is 675 g/mol. The summed E-state index contributed by atoms with van der Waals surface area (Å²) in [5.41, 5.74) is 17.0. The molecule has 262 valence electrons. The number of rotatable bonds is 5. The number of nitrogens with zero attached hydrogens (tertiary/aromatic N) is 2. The molecule has 0 aromatic heterocycles. The first-order valence-corrected chi connectivity index (χ1v) is 19.4. The lowest BCUT2D eigenvalue weighted by molar-refractivity contribution is -0.896. The Balaban J connectivity index is 1.12. The van der Waals surface area contributed by atoms with Crippen molar-refractivity contribution in [2.45, 2.75) is 69.6 Å². The minimum absolute atomic E-state index is 0.00721. The molecule has 2 nitrogen and oxygen atoms in total. The van der Waals surface area contributed by atoms with Gasteiger partial charge in [-0.15, -0.1) is 0 Å². The maximum atomic E-state index is 2.63. The van der Waals surface area contributed by atoms with Crippen LogP contribution in [-0.2, 0) is 16.2 Å². The predicted octanol–water partition coefficient (Wildman–Crippen LogP) is 10.9. The van der Waals surface area contributed by atoms with E-state index in [0.717, 1.165) is 21.8 Å². The van der Waals surface area contributed by atoms with Crippen LogP contribution in [0, 0.1) is 6.92 Å². The normalized spacial score (nSPS) is 20.7. The van der Waals surface area contributed by atoms with Crippen LogP contribution in [0.2, 0.25) is 0 Å². The zero-order valence-electron chi connectivity index (χ0n) is 32.4. The summed E-state index contributed by atoms with van der Waals surface area (Å²) in [5.74, 6) is 0. The number of hydrogen-bond donors (Lipinski definition) is 0. The van der Waals surface area contributed by atoms with Gasteiger partial charge in [0.05, 0.1) is 54.4 Å². The Labute approximate surface area is 308 Å². The van der Waals surface area contributed by atoms with Crippen molar-refractivity contribution >= 4 is 0 Å². The second kappa shape index (κ2) is 12.0. The standard InChI is InChI=1S/C49H58N2/c1-35-9-11-36(12-10-35)37-13-15-38(16-14-37)39-17-19-40(20-18-39)49(27-31-51(7,8)32-28-49)42-22-24-44-43-23-21-41(33-45(43)47(2,3)46(44)34-42)48(4)25-29-50(5,6)30-26-48/h9-24,33-34H,25-32H2,1-8H3/q+2. The minimum atomic E-state index is -0.0309. The molecule has 2 aliphatic heterocycles. The summed E-state index contributed by atoms with van der Waals surface area (Å²) in [6.45, 7) is 14.5. The SMILES string of the molecule is Cc1ccc(-c2ccc(-c3ccc(C4(c5ccc6c(c5)C(C)(C)c5cc(C7(C)CC[N+](C)(C)CC7)ccc5-6)CC[N+](C)(C)CC4)cc3)cc2)cc1. The summed E-state index contributed by atoms with van der Waals surface area (Å²) < 4.78 is 2.23. The van der Waals surface area contributed by atoms with Gasteiger partial charge in [0.15, 0.2) is 0 Å². The van der Waals surface area contributed by atoms with Gasteiger partial charge in [-0.25, -0.2) is 0 Å². The Morgan fingerprint density at radius 3 is 1.29 bits per heavy atom. The van der Waals surface area contributed by atoms with Crippen LogP contribution >= 0.6 is 0 Å². The molecule has 51 heavy (non-hydrogen) atoms. The van der Waals surface area contributed by atoms with Crippen LogP contribution in [0.25, 0.3) is 33.4 Å². The Morgan fingerprint density at radius 2 is 0.804 bits per heavy atom. The van der Waals surface area contributed by atoms with Crippen molar-refractivity contribution < 1.29 is 8.97 Å². The van der Waals surface area contributed by atoms with Gasteiger partial charge in [0.1, 0.15) is 0 Å². The van der Waals surface area contributed by atoms with E-state index in [1.807, 2.05) is 0 Å². The monoisotopic (exact) mass is 674 g/mol. The van der Waals surface area contributed by atoms with Gasteiger partial charge >= 0.3 is 0 Å². The average Bonchev–Trinajstić information content (AvgIpc) is 3.35. The minimum Gasteiger partial charge on any atom is -0.328 e. The summed E-state index contributed by atoms with van der Waals surface area (Å²) in [6.07, 6.45) is 4.83. The molecule has 2 heteroatoms. The van der Waals surface area contributed by atoms with Crippen LogP contribution in [-0.4, -0.2) is 63.3 Å². The van der Waals surface area contributed by atoms with E-state index in [0.29, 0.717) is 0 Å². The number of quaternary nitrogens is 2. The maximum absolute atomic E-state index is 2.63. The van der Waals surface area contributed by atoms with E-state index in [1.165, 1.54) is 106 Å². The molecule has 0 atom stereocenters. The number of fused-ring (bicyclic) bond motifs is 3. The number of benzene rings is 5. The topological polar surface area (TPSA) is 0 Å². The Kier molecular flexibility index (Phi) is 8.06. The highest BCUT2D eigenvalue weighted by atomic mass is 15.3. The molecular weight excluding hydrogens is 617 g/mol. The Hall–Kier alpha value is -3.98. The van der Waals surface area contributed by atoms with Crippen LogP contribution in [0.3, 0.4) is 0 Å². The lowest BCUT2D eigenvalue weighted by Gasteiger charge is -2.45. The van der Waals surface area contributed by atoms with Crippen LogP contribution < -0.4 is 0 Å². The molecule has 0 bridgehead atoms. The fourth-order valence-electron chi connectivity index (χ4n) is 9.59. The highest BCUT2D eigenvalue weighted by molar-refractivity contribution is 5.82. The van der Waals surface area contributed by atoms with Gasteiger partial charge in [-0.3, -0.25) is 0 Å². The van der Waals surface area contributed by atoms with Gasteiger partial charge in [-0.05, 0) is 68.1 Å². The molecule has 2 saturated heterocycles. The second-order valence-electron chi connectivity index (χ2n) is 18.6. The first kappa shape index (κ1) is 34.1. The van der Waals surface area contributed by atoms with Crippen LogP contribution in [0.4, 0.5) is 0 Å². The van der Waals surface area contributed by atoms with E-state index >= 15 is 0 Å². The van der Waals surface area contributed by atoms with Gasteiger partial charge in [0, 0.05) is 41.9 Å². The summed E-state index contributed by atoms with van der Waals surface area (Å²) in [7, 11) is 9.58. The largest absolute Gasteiger partial charge is 0.328 e. The van der Waals surface area contributed by atoms with Crippen molar-refractivity contribution in [3.63, 3.8) is 0 Å². The molecule has 0 radical (unpaired) electrons. The van der Waals surface area contributed by atoms with Crippen molar-refractivity contribution in [1.29, 1.82) is 0 Å². The second-order valence-corrected chi connectivity index (χ2v) is 18.6. The third kappa shape index (κ3) is 5.99. The summed E-state index contributed by atoms with van der Waals surface area (Å²) in [5, 5.41) is 0. The van der Waals surface area contributed by atoms with E-state index in [-0.39, 0.29) is 16.2 Å². The Morgan fingerprint density at radius 1 is 0.431 bits per heavy atom. The van der Waals surface area contributed by atoms with Crippen molar-refractivity contribution in [2.75, 3.05) is 54.4 Å². The fraction of sp³-hybridized carbons (Fsp3) is 0.388. The van der Waals surface area contributed by atoms with Gasteiger partial charge in [0.2, 0.25) is 0 Å². The van der Waals surface area contributed by atoms with Crippen molar-refractivity contribution in [3.8, 4) is 33.4 Å². The van der Waals surface area contributed by atoms with Gasteiger partial charge in [-0.2, -0.15) is 0 Å². The van der Waals surface area contributed by atoms with E-state index < -0.39 is 0 Å².